The van der Waals surface area contributed by atoms with Gasteiger partial charge < -0.3 is 4.42 Å². The van der Waals surface area contributed by atoms with Gasteiger partial charge in [-0.25, -0.2) is 4.98 Å². The lowest BCUT2D eigenvalue weighted by molar-refractivity contribution is 0.582. The molecule has 0 atom stereocenters. The molecule has 2 nitrogen and oxygen atoms in total. The number of hydrogen-bond donors (Lipinski definition) is 0. The minimum absolute atomic E-state index is 0.834. The standard InChI is InChI=1S/C27H19NO/c1-4-11-20(12-5-1)24-19-23(25-17-10-18-29-25)26(21-13-6-2-7-14-21)27(28-24)22-15-8-3-9-16-22/h1-19H. The molecule has 0 amide bonds. The van der Waals surface area contributed by atoms with Crippen molar-refractivity contribution in [1.29, 1.82) is 0 Å². The van der Waals surface area contributed by atoms with Gasteiger partial charge in [-0.1, -0.05) is 91.0 Å². The third-order valence-corrected chi connectivity index (χ3v) is 4.99. The van der Waals surface area contributed by atoms with E-state index in [0.717, 1.165) is 45.0 Å². The molecule has 0 saturated heterocycles. The minimum Gasteiger partial charge on any atom is -0.464 e. The van der Waals surface area contributed by atoms with Crippen LogP contribution in [0.2, 0.25) is 0 Å². The number of pyridine rings is 1. The van der Waals surface area contributed by atoms with Crippen LogP contribution in [-0.2, 0) is 0 Å². The molecule has 0 aliphatic heterocycles. The lowest BCUT2D eigenvalue weighted by Gasteiger charge is -2.16. The van der Waals surface area contributed by atoms with Gasteiger partial charge in [0.2, 0.25) is 0 Å². The minimum atomic E-state index is 0.834. The van der Waals surface area contributed by atoms with Crippen molar-refractivity contribution in [3.8, 4) is 45.0 Å². The molecule has 0 aliphatic rings. The monoisotopic (exact) mass is 373 g/mol. The van der Waals surface area contributed by atoms with Gasteiger partial charge in [0.15, 0.2) is 0 Å². The summed E-state index contributed by atoms with van der Waals surface area (Å²) in [5.41, 5.74) is 7.26. The van der Waals surface area contributed by atoms with E-state index in [1.165, 1.54) is 0 Å². The summed E-state index contributed by atoms with van der Waals surface area (Å²) in [5.74, 6) is 0.834. The van der Waals surface area contributed by atoms with Crippen molar-refractivity contribution in [2.24, 2.45) is 0 Å². The molecule has 0 bridgehead atoms. The van der Waals surface area contributed by atoms with Gasteiger partial charge in [0.05, 0.1) is 17.7 Å². The van der Waals surface area contributed by atoms with Crippen LogP contribution in [0.1, 0.15) is 0 Å². The third kappa shape index (κ3) is 3.37. The lowest BCUT2D eigenvalue weighted by atomic mass is 9.92. The highest BCUT2D eigenvalue weighted by molar-refractivity contribution is 5.93. The smallest absolute Gasteiger partial charge is 0.134 e. The van der Waals surface area contributed by atoms with E-state index in [0.29, 0.717) is 0 Å². The van der Waals surface area contributed by atoms with Gasteiger partial charge in [0.1, 0.15) is 5.76 Å². The van der Waals surface area contributed by atoms with Gasteiger partial charge in [-0.05, 0) is 23.8 Å². The fraction of sp³-hybridized carbons (Fsp3) is 0. The Morgan fingerprint density at radius 3 is 1.72 bits per heavy atom. The number of benzene rings is 3. The quantitative estimate of drug-likeness (QED) is 0.329. The Labute approximate surface area is 170 Å². The zero-order valence-electron chi connectivity index (χ0n) is 15.8. The summed E-state index contributed by atoms with van der Waals surface area (Å²) < 4.78 is 5.84. The lowest BCUT2D eigenvalue weighted by Crippen LogP contribution is -1.96. The second-order valence-corrected chi connectivity index (χ2v) is 6.85. The summed E-state index contributed by atoms with van der Waals surface area (Å²) in [6.07, 6.45) is 1.72. The highest BCUT2D eigenvalue weighted by Crippen LogP contribution is 2.41. The SMILES string of the molecule is c1ccc(-c2cc(-c3ccco3)c(-c3ccccc3)c(-c3ccccc3)n2)cc1. The van der Waals surface area contributed by atoms with Crippen LogP contribution in [0.3, 0.4) is 0 Å². The molecular weight excluding hydrogens is 354 g/mol. The molecule has 0 unspecified atom stereocenters. The maximum atomic E-state index is 5.84. The van der Waals surface area contributed by atoms with E-state index in [4.69, 9.17) is 9.40 Å². The zero-order valence-corrected chi connectivity index (χ0v) is 15.8. The largest absolute Gasteiger partial charge is 0.464 e. The molecule has 0 radical (unpaired) electrons. The Morgan fingerprint density at radius 2 is 1.14 bits per heavy atom. The first-order valence-electron chi connectivity index (χ1n) is 9.65. The number of furan rings is 1. The normalized spacial score (nSPS) is 10.8. The van der Waals surface area contributed by atoms with Crippen LogP contribution in [0.15, 0.2) is 120 Å². The molecule has 2 heterocycles. The molecule has 0 spiro atoms. The van der Waals surface area contributed by atoms with Crippen LogP contribution in [0.4, 0.5) is 0 Å². The molecule has 0 saturated carbocycles. The molecule has 2 heteroatoms. The molecule has 3 aromatic carbocycles. The van der Waals surface area contributed by atoms with Gasteiger partial charge in [0.25, 0.3) is 0 Å². The van der Waals surface area contributed by atoms with E-state index in [9.17, 15) is 0 Å². The van der Waals surface area contributed by atoms with Crippen molar-refractivity contribution in [3.63, 3.8) is 0 Å². The van der Waals surface area contributed by atoms with Crippen LogP contribution in [0, 0.1) is 0 Å². The van der Waals surface area contributed by atoms with E-state index in [1.54, 1.807) is 6.26 Å². The van der Waals surface area contributed by atoms with Crippen LogP contribution in [-0.4, -0.2) is 4.98 Å². The Bertz CT molecular complexity index is 1210. The topological polar surface area (TPSA) is 26.0 Å². The van der Waals surface area contributed by atoms with Crippen LogP contribution in [0.5, 0.6) is 0 Å². The molecule has 29 heavy (non-hydrogen) atoms. The van der Waals surface area contributed by atoms with Gasteiger partial charge in [0, 0.05) is 22.3 Å². The highest BCUT2D eigenvalue weighted by Gasteiger charge is 2.19. The average molecular weight is 373 g/mol. The summed E-state index contributed by atoms with van der Waals surface area (Å²) in [6, 6.07) is 37.1. The molecule has 0 aliphatic carbocycles. The van der Waals surface area contributed by atoms with Crippen molar-refractivity contribution in [3.05, 3.63) is 115 Å². The summed E-state index contributed by atoms with van der Waals surface area (Å²) in [4.78, 5) is 5.12. The first-order chi connectivity index (χ1) is 14.4. The molecule has 5 rings (SSSR count). The molecule has 0 fully saturated rings. The maximum absolute atomic E-state index is 5.84. The van der Waals surface area contributed by atoms with Crippen molar-refractivity contribution in [2.75, 3.05) is 0 Å². The van der Waals surface area contributed by atoms with Gasteiger partial charge in [-0.3, -0.25) is 0 Å². The third-order valence-electron chi connectivity index (χ3n) is 4.99. The predicted octanol–water partition coefficient (Wildman–Crippen LogP) is 7.34. The van der Waals surface area contributed by atoms with Crippen LogP contribution >= 0.6 is 0 Å². The fourth-order valence-corrected chi connectivity index (χ4v) is 3.63. The van der Waals surface area contributed by atoms with Crippen molar-refractivity contribution < 1.29 is 4.42 Å². The Balaban J connectivity index is 1.87. The highest BCUT2D eigenvalue weighted by atomic mass is 16.3. The maximum Gasteiger partial charge on any atom is 0.134 e. The van der Waals surface area contributed by atoms with Gasteiger partial charge in [-0.15, -0.1) is 0 Å². The predicted molar refractivity (Wildman–Crippen MR) is 118 cm³/mol. The Hall–Kier alpha value is -3.91. The van der Waals surface area contributed by atoms with E-state index < -0.39 is 0 Å². The molecular formula is C27H19NO. The van der Waals surface area contributed by atoms with Crippen molar-refractivity contribution in [1.82, 2.24) is 4.98 Å². The second kappa shape index (κ2) is 7.61. The summed E-state index contributed by atoms with van der Waals surface area (Å²) in [5, 5.41) is 0. The van der Waals surface area contributed by atoms with E-state index in [1.807, 2.05) is 54.6 Å². The molecule has 2 aromatic heterocycles. The molecule has 0 N–H and O–H groups in total. The van der Waals surface area contributed by atoms with E-state index >= 15 is 0 Å². The fourth-order valence-electron chi connectivity index (χ4n) is 3.63. The number of nitrogens with zero attached hydrogens (tertiary/aromatic N) is 1. The zero-order chi connectivity index (χ0) is 19.5. The van der Waals surface area contributed by atoms with E-state index in [-0.39, 0.29) is 0 Å². The van der Waals surface area contributed by atoms with Crippen molar-refractivity contribution in [2.45, 2.75) is 0 Å². The summed E-state index contributed by atoms with van der Waals surface area (Å²) in [6.45, 7) is 0. The van der Waals surface area contributed by atoms with E-state index in [2.05, 4.69) is 54.6 Å². The first-order valence-corrected chi connectivity index (χ1v) is 9.65. The summed E-state index contributed by atoms with van der Waals surface area (Å²) in [7, 11) is 0. The van der Waals surface area contributed by atoms with Crippen molar-refractivity contribution >= 4 is 0 Å². The number of aromatic nitrogens is 1. The van der Waals surface area contributed by atoms with Crippen LogP contribution in [0.25, 0.3) is 45.0 Å². The average Bonchev–Trinajstić information content (AvgIpc) is 3.35. The second-order valence-electron chi connectivity index (χ2n) is 6.85. The number of hydrogen-bond acceptors (Lipinski definition) is 2. The number of rotatable bonds is 4. The van der Waals surface area contributed by atoms with Gasteiger partial charge in [-0.2, -0.15) is 0 Å². The van der Waals surface area contributed by atoms with Gasteiger partial charge >= 0.3 is 0 Å². The molecule has 138 valence electrons. The first kappa shape index (κ1) is 17.2. The molecule has 5 aromatic rings. The Kier molecular flexibility index (Phi) is 4.51. The van der Waals surface area contributed by atoms with Crippen LogP contribution < -0.4 is 0 Å². The Morgan fingerprint density at radius 1 is 0.552 bits per heavy atom. The summed E-state index contributed by atoms with van der Waals surface area (Å²) >= 11 is 0.